The van der Waals surface area contributed by atoms with Crippen LogP contribution in [0, 0.1) is 34.1 Å². The number of carbonyl (C=O) groups is 4. The van der Waals surface area contributed by atoms with Gasteiger partial charge < -0.3 is 39.9 Å². The summed E-state index contributed by atoms with van der Waals surface area (Å²) in [5.74, 6) is -4.12. The second-order valence-corrected chi connectivity index (χ2v) is 8.79. The minimum atomic E-state index is -1.28. The maximum absolute atomic E-state index is 12.3. The molecule has 2 aromatic rings. The molecule has 2 rings (SSSR count). The Morgan fingerprint density at radius 2 is 1.12 bits per heavy atom. The molecular weight excluding hydrogens is 667 g/mol. The number of nitro groups is 2. The van der Waals surface area contributed by atoms with Gasteiger partial charge in [0.25, 0.3) is 0 Å². The molecule has 20 nitrogen and oxygen atoms in total. The molecule has 43 heavy (non-hydrogen) atoms. The molecule has 0 saturated carbocycles. The van der Waals surface area contributed by atoms with Crippen molar-refractivity contribution in [3.05, 3.63) is 44.3 Å². The Labute approximate surface area is 256 Å². The van der Waals surface area contributed by atoms with Crippen molar-refractivity contribution in [2.45, 2.75) is 26.9 Å². The summed E-state index contributed by atoms with van der Waals surface area (Å²) in [7, 11) is 0. The topological polar surface area (TPSA) is 256 Å². The second-order valence-electron chi connectivity index (χ2n) is 8.79. The largest absolute Gasteiger partial charge is 0.480 e. The van der Waals surface area contributed by atoms with E-state index in [4.69, 9.17) is 9.47 Å². The van der Waals surface area contributed by atoms with Crippen LogP contribution in [0.4, 0.5) is 11.6 Å². The summed E-state index contributed by atoms with van der Waals surface area (Å²) in [6, 6.07) is 0. The number of hydrogen-bond donors (Lipinski definition) is 2. The smallest absolute Gasteiger partial charge is 0.342 e. The van der Waals surface area contributed by atoms with E-state index in [1.807, 2.05) is 0 Å². The fourth-order valence-corrected chi connectivity index (χ4v) is 3.81. The van der Waals surface area contributed by atoms with E-state index in [0.29, 0.717) is 11.6 Å². The summed E-state index contributed by atoms with van der Waals surface area (Å²) in [4.78, 5) is 78.1. The van der Waals surface area contributed by atoms with Gasteiger partial charge in [-0.25, -0.2) is 19.1 Å². The van der Waals surface area contributed by atoms with Crippen LogP contribution in [-0.2, 0) is 61.8 Å². The number of esters is 2. The third-order valence-corrected chi connectivity index (χ3v) is 5.75. The summed E-state index contributed by atoms with van der Waals surface area (Å²) < 4.78 is 12.6. The van der Waals surface area contributed by atoms with Crippen molar-refractivity contribution in [1.29, 1.82) is 0 Å². The number of hydrogen-bond acceptors (Lipinski definition) is 14. The quantitative estimate of drug-likeness (QED) is 0.102. The zero-order valence-corrected chi connectivity index (χ0v) is 25.0. The van der Waals surface area contributed by atoms with Crippen LogP contribution in [0.2, 0.25) is 0 Å². The molecule has 0 aliphatic rings. The van der Waals surface area contributed by atoms with Gasteiger partial charge in [-0.2, -0.15) is 0 Å². The summed E-state index contributed by atoms with van der Waals surface area (Å²) >= 11 is 0. The molecule has 0 spiro atoms. The van der Waals surface area contributed by atoms with Gasteiger partial charge in [-0.3, -0.25) is 29.0 Å². The Hall–Kier alpha value is -4.33. The van der Waals surface area contributed by atoms with Crippen molar-refractivity contribution < 1.29 is 68.8 Å². The first kappa shape index (κ1) is 36.7. The molecule has 2 heterocycles. The third kappa shape index (κ3) is 12.2. The number of nitrogens with zero attached hydrogens (tertiary/aromatic N) is 8. The number of ether oxygens (including phenoxy) is 2. The summed E-state index contributed by atoms with van der Waals surface area (Å²) in [5, 5.41) is 40.6. The molecule has 0 amide bonds. The Balaban J connectivity index is 0.00000924. The minimum Gasteiger partial charge on any atom is -0.480 e. The molecule has 237 valence electrons. The van der Waals surface area contributed by atoms with E-state index in [0.717, 1.165) is 22.2 Å². The van der Waals surface area contributed by atoms with E-state index >= 15 is 0 Å². The average molecular weight is 697 g/mol. The zero-order chi connectivity index (χ0) is 31.4. The number of carbonyl (C=O) groups excluding carboxylic acids is 2. The SMILES string of the molecule is Cc1ncc([N+](=O)[O-])n1CCOC(=O)CN(CCN(CC(=O)O)CC(=O)OCCn1c([N+](=O)[O-])cnc1C)CC(=O)O.[99Tc]. The number of aromatic nitrogens is 4. The molecule has 0 unspecified atom stereocenters. The van der Waals surface area contributed by atoms with Crippen LogP contribution in [0.1, 0.15) is 11.6 Å². The normalized spacial score (nSPS) is 10.8. The second kappa shape index (κ2) is 17.6. The third-order valence-electron chi connectivity index (χ3n) is 5.75. The first-order chi connectivity index (χ1) is 19.8. The summed E-state index contributed by atoms with van der Waals surface area (Å²) in [6.45, 7) is -0.0353. The molecule has 0 aromatic carbocycles. The monoisotopic (exact) mass is 697 g/mol. The van der Waals surface area contributed by atoms with Crippen molar-refractivity contribution >= 4 is 35.5 Å². The molecule has 2 N–H and O–H groups in total. The van der Waals surface area contributed by atoms with Crippen LogP contribution in [-0.4, -0.2) is 125 Å². The van der Waals surface area contributed by atoms with Crippen LogP contribution in [0.5, 0.6) is 0 Å². The van der Waals surface area contributed by atoms with Crippen molar-refractivity contribution in [3.63, 3.8) is 0 Å². The molecule has 0 bridgehead atoms. The van der Waals surface area contributed by atoms with E-state index in [1.54, 1.807) is 0 Å². The molecule has 0 saturated heterocycles. The molecule has 0 fully saturated rings. The Kier molecular flexibility index (Phi) is 15.0. The van der Waals surface area contributed by atoms with Crippen LogP contribution >= 0.6 is 0 Å². The number of carboxylic acids is 2. The van der Waals surface area contributed by atoms with Gasteiger partial charge in [-0.1, -0.05) is 0 Å². The number of imidazole rings is 2. The standard InChI is InChI=1S/C22H30N8O12.Tc/c1-15-23-9-17(29(37)38)27(15)5-7-41-21(35)13-25(11-19(31)32)3-4-26(12-20(33)34)14-22(36)42-8-6-28-16(2)24-10-18(28)30(39)40;/h9-10H,3-8,11-14H2,1-2H3,(H,31,32)(H,33,34);/i;1+1. The van der Waals surface area contributed by atoms with E-state index in [9.17, 15) is 49.6 Å². The molecule has 0 aliphatic heterocycles. The van der Waals surface area contributed by atoms with Gasteiger partial charge in [0, 0.05) is 47.0 Å². The van der Waals surface area contributed by atoms with Crippen molar-refractivity contribution in [3.8, 4) is 0 Å². The Morgan fingerprint density at radius 3 is 1.42 bits per heavy atom. The van der Waals surface area contributed by atoms with Crippen molar-refractivity contribution in [2.75, 3.05) is 52.5 Å². The number of rotatable bonds is 19. The van der Waals surface area contributed by atoms with Crippen LogP contribution < -0.4 is 0 Å². The van der Waals surface area contributed by atoms with Crippen LogP contribution in [0.25, 0.3) is 0 Å². The predicted molar refractivity (Wildman–Crippen MR) is 137 cm³/mol. The summed E-state index contributed by atoms with van der Waals surface area (Å²) in [6.07, 6.45) is 2.13. The molecule has 1 radical (unpaired) electrons. The van der Waals surface area contributed by atoms with E-state index in [-0.39, 0.29) is 71.1 Å². The molecule has 21 heteroatoms. The average Bonchev–Trinajstić information content (AvgIpc) is 3.44. The first-order valence-corrected chi connectivity index (χ1v) is 12.3. The maximum atomic E-state index is 12.3. The fourth-order valence-electron chi connectivity index (χ4n) is 3.81. The maximum Gasteiger partial charge on any atom is 0.342 e. The Bertz CT molecular complexity index is 1210. The number of carboxylic acid groups (broad SMARTS) is 2. The van der Waals surface area contributed by atoms with Gasteiger partial charge in [0.1, 0.15) is 38.7 Å². The molecular formula is C22H30N8O12Tc. The molecule has 0 aliphatic carbocycles. The van der Waals surface area contributed by atoms with Crippen LogP contribution in [0.15, 0.2) is 12.4 Å². The predicted octanol–water partition coefficient (Wildman–Crippen LogP) is -0.930. The van der Waals surface area contributed by atoms with E-state index < -0.39 is 59.9 Å². The van der Waals surface area contributed by atoms with Gasteiger partial charge in [-0.15, -0.1) is 0 Å². The number of aryl methyl sites for hydroxylation is 2. The van der Waals surface area contributed by atoms with Crippen molar-refractivity contribution in [1.82, 2.24) is 28.9 Å². The van der Waals surface area contributed by atoms with E-state index in [1.165, 1.54) is 23.0 Å². The molecule has 2 aromatic heterocycles. The van der Waals surface area contributed by atoms with Gasteiger partial charge in [0.05, 0.1) is 26.2 Å². The van der Waals surface area contributed by atoms with E-state index in [2.05, 4.69) is 9.97 Å². The first-order valence-electron chi connectivity index (χ1n) is 12.3. The molecule has 0 atom stereocenters. The van der Waals surface area contributed by atoms with Gasteiger partial charge in [-0.05, 0) is 9.85 Å². The van der Waals surface area contributed by atoms with Gasteiger partial charge >= 0.3 is 35.5 Å². The van der Waals surface area contributed by atoms with Crippen LogP contribution in [0.3, 0.4) is 0 Å². The van der Waals surface area contributed by atoms with Crippen molar-refractivity contribution in [2.24, 2.45) is 0 Å². The Morgan fingerprint density at radius 1 is 0.767 bits per heavy atom. The van der Waals surface area contributed by atoms with Gasteiger partial charge in [0.2, 0.25) is 0 Å². The number of aliphatic carboxylic acids is 2. The van der Waals surface area contributed by atoms with Gasteiger partial charge in [0.15, 0.2) is 11.6 Å². The minimum absolute atomic E-state index is 0. The fraction of sp³-hybridized carbons (Fsp3) is 0.545. The summed E-state index contributed by atoms with van der Waals surface area (Å²) in [5.41, 5.74) is 0. The zero-order valence-electron chi connectivity index (χ0n) is 23.2.